The van der Waals surface area contributed by atoms with E-state index in [-0.39, 0.29) is 58.6 Å². The molecule has 0 radical (unpaired) electrons. The van der Waals surface area contributed by atoms with E-state index in [1.54, 1.807) is 6.07 Å². The van der Waals surface area contributed by atoms with Crippen molar-refractivity contribution in [3.8, 4) is 11.5 Å². The number of nitrogens with zero attached hydrogens (tertiary/aromatic N) is 2. The van der Waals surface area contributed by atoms with Crippen molar-refractivity contribution in [2.45, 2.75) is 6.42 Å². The molecule has 5 rings (SSSR count). The number of carbonyl (C=O) groups excluding carboxylic acids is 3. The molecule has 180 valence electrons. The molecule has 2 aliphatic carbocycles. The summed E-state index contributed by atoms with van der Waals surface area (Å²) in [4.78, 5) is 37.7. The van der Waals surface area contributed by atoms with Crippen LogP contribution in [0.5, 0.6) is 11.5 Å². The topological polar surface area (TPSA) is 97.3 Å². The van der Waals surface area contributed by atoms with Gasteiger partial charge in [0.05, 0.1) is 30.2 Å². The van der Waals surface area contributed by atoms with E-state index in [0.717, 1.165) is 11.4 Å². The van der Waals surface area contributed by atoms with E-state index in [4.69, 9.17) is 21.1 Å². The number of hydrazone groups is 1. The first-order valence-corrected chi connectivity index (χ1v) is 11.4. The maximum atomic E-state index is 13.0. The van der Waals surface area contributed by atoms with Crippen molar-refractivity contribution in [2.75, 3.05) is 19.0 Å². The lowest BCUT2D eigenvalue weighted by Gasteiger charge is -2.14. The van der Waals surface area contributed by atoms with Crippen LogP contribution >= 0.6 is 11.6 Å². The van der Waals surface area contributed by atoms with Crippen LogP contribution in [0.2, 0.25) is 5.02 Å². The molecular formula is C25H21ClFN3O5. The summed E-state index contributed by atoms with van der Waals surface area (Å²) in [6.45, 7) is -0.364. The number of carbonyl (C=O) groups is 3. The fourth-order valence-electron chi connectivity index (χ4n) is 4.95. The van der Waals surface area contributed by atoms with Crippen molar-refractivity contribution in [2.24, 2.45) is 28.8 Å². The highest BCUT2D eigenvalue weighted by Gasteiger charge is 2.59. The highest BCUT2D eigenvalue weighted by molar-refractivity contribution is 6.32. The molecule has 1 saturated carbocycles. The molecule has 2 aromatic rings. The van der Waals surface area contributed by atoms with Gasteiger partial charge in [-0.1, -0.05) is 23.8 Å². The average molecular weight is 498 g/mol. The van der Waals surface area contributed by atoms with E-state index in [1.807, 2.05) is 12.2 Å². The molecule has 1 saturated heterocycles. The maximum absolute atomic E-state index is 13.0. The predicted molar refractivity (Wildman–Crippen MR) is 126 cm³/mol. The molecule has 1 aliphatic heterocycles. The molecule has 1 heterocycles. The van der Waals surface area contributed by atoms with Crippen LogP contribution in [-0.2, 0) is 14.4 Å². The molecule has 10 heteroatoms. The highest BCUT2D eigenvalue weighted by atomic mass is 35.5. The van der Waals surface area contributed by atoms with E-state index in [9.17, 15) is 18.8 Å². The molecule has 3 aliphatic rings. The molecule has 3 amide bonds. The van der Waals surface area contributed by atoms with Crippen molar-refractivity contribution < 1.29 is 28.2 Å². The van der Waals surface area contributed by atoms with Gasteiger partial charge in [-0.2, -0.15) is 10.1 Å². The minimum Gasteiger partial charge on any atom is -0.493 e. The number of imide groups is 1. The SMILES string of the molecule is COc1cc(C=NN2C(=O)[C@@H]3[C@H](C2=O)[C@H]2C=C[C@H]3C2)cc(Cl)c1OCC(=O)Nc1ccc(F)cc1. The zero-order valence-corrected chi connectivity index (χ0v) is 19.4. The number of hydrogen-bond donors (Lipinski definition) is 1. The Morgan fingerprint density at radius 3 is 2.46 bits per heavy atom. The van der Waals surface area contributed by atoms with Crippen molar-refractivity contribution in [1.82, 2.24) is 5.01 Å². The molecule has 8 nitrogen and oxygen atoms in total. The molecule has 1 N–H and O–H groups in total. The van der Waals surface area contributed by atoms with E-state index in [1.165, 1.54) is 43.7 Å². The third-order valence-corrected chi connectivity index (χ3v) is 6.78. The molecule has 2 aromatic carbocycles. The number of anilines is 1. The van der Waals surface area contributed by atoms with E-state index in [0.29, 0.717) is 11.3 Å². The lowest BCUT2D eigenvalue weighted by atomic mass is 9.85. The van der Waals surface area contributed by atoms with Gasteiger partial charge in [0.15, 0.2) is 18.1 Å². The molecule has 4 atom stereocenters. The zero-order valence-electron chi connectivity index (χ0n) is 18.6. The second-order valence-electron chi connectivity index (χ2n) is 8.61. The summed E-state index contributed by atoms with van der Waals surface area (Å²) < 4.78 is 23.9. The summed E-state index contributed by atoms with van der Waals surface area (Å²) in [5.74, 6) is -1.51. The van der Waals surface area contributed by atoms with E-state index >= 15 is 0 Å². The number of hydrogen-bond acceptors (Lipinski definition) is 6. The second kappa shape index (κ2) is 9.14. The Hall–Kier alpha value is -3.72. The summed E-state index contributed by atoms with van der Waals surface area (Å²) in [5.41, 5.74) is 0.900. The number of amides is 3. The third kappa shape index (κ3) is 4.27. The Morgan fingerprint density at radius 1 is 1.17 bits per heavy atom. The summed E-state index contributed by atoms with van der Waals surface area (Å²) in [6.07, 6.45) is 6.26. The van der Waals surface area contributed by atoms with Crippen LogP contribution in [0.25, 0.3) is 0 Å². The number of fused-ring (bicyclic) bond motifs is 5. The number of ether oxygens (including phenoxy) is 2. The number of rotatable bonds is 7. The predicted octanol–water partition coefficient (Wildman–Crippen LogP) is 3.65. The van der Waals surface area contributed by atoms with Crippen LogP contribution in [0.4, 0.5) is 10.1 Å². The van der Waals surface area contributed by atoms with Crippen LogP contribution in [0.3, 0.4) is 0 Å². The first-order valence-electron chi connectivity index (χ1n) is 11.0. The van der Waals surface area contributed by atoms with Crippen LogP contribution in [0, 0.1) is 29.5 Å². The lowest BCUT2D eigenvalue weighted by molar-refractivity contribution is -0.140. The summed E-state index contributed by atoms with van der Waals surface area (Å²) in [6, 6.07) is 8.41. The maximum Gasteiger partial charge on any atom is 0.262 e. The van der Waals surface area contributed by atoms with Crippen molar-refractivity contribution in [1.29, 1.82) is 0 Å². The van der Waals surface area contributed by atoms with Gasteiger partial charge in [0.1, 0.15) is 5.82 Å². The van der Waals surface area contributed by atoms with Gasteiger partial charge < -0.3 is 14.8 Å². The molecule has 0 unspecified atom stereocenters. The summed E-state index contributed by atoms with van der Waals surface area (Å²) in [7, 11) is 1.41. The summed E-state index contributed by atoms with van der Waals surface area (Å²) in [5, 5.41) is 7.83. The Bertz CT molecular complexity index is 1230. The Labute approximate surface area is 205 Å². The highest BCUT2D eigenvalue weighted by Crippen LogP contribution is 2.52. The Kier molecular flexibility index (Phi) is 6.02. The fraction of sp³-hybridized carbons (Fsp3) is 0.280. The first-order chi connectivity index (χ1) is 16.9. The van der Waals surface area contributed by atoms with Crippen LogP contribution in [0.15, 0.2) is 53.7 Å². The van der Waals surface area contributed by atoms with Crippen molar-refractivity contribution >= 4 is 41.2 Å². The molecule has 35 heavy (non-hydrogen) atoms. The zero-order chi connectivity index (χ0) is 24.7. The average Bonchev–Trinajstić information content (AvgIpc) is 3.52. The quantitative estimate of drug-likeness (QED) is 0.358. The van der Waals surface area contributed by atoms with Gasteiger partial charge in [-0.15, -0.1) is 0 Å². The van der Waals surface area contributed by atoms with E-state index in [2.05, 4.69) is 10.4 Å². The molecule has 0 spiro atoms. The van der Waals surface area contributed by atoms with Gasteiger partial charge in [-0.05, 0) is 60.2 Å². The standard InChI is InChI=1S/C25H21ClFN3O5/c1-34-19-9-13(11-28-30-24(32)21-14-2-3-15(10-14)22(21)25(30)33)8-18(26)23(19)35-12-20(31)29-17-6-4-16(27)5-7-17/h2-9,11,14-15,21-22H,10,12H2,1H3,(H,29,31)/t14-,15-,21-,22+/m0/s1. The van der Waals surface area contributed by atoms with Crippen LogP contribution < -0.4 is 14.8 Å². The number of benzene rings is 2. The normalized spacial score (nSPS) is 24.4. The van der Waals surface area contributed by atoms with Gasteiger partial charge in [-0.3, -0.25) is 14.4 Å². The first kappa shape index (κ1) is 23.0. The van der Waals surface area contributed by atoms with Gasteiger partial charge in [-0.25, -0.2) is 4.39 Å². The number of nitrogens with one attached hydrogen (secondary N) is 1. The number of halogens is 2. The van der Waals surface area contributed by atoms with Crippen molar-refractivity contribution in [3.05, 3.63) is 65.0 Å². The number of methoxy groups -OCH3 is 1. The third-order valence-electron chi connectivity index (χ3n) is 6.50. The summed E-state index contributed by atoms with van der Waals surface area (Å²) >= 11 is 6.36. The van der Waals surface area contributed by atoms with Crippen LogP contribution in [-0.4, -0.2) is 42.7 Å². The monoisotopic (exact) mass is 497 g/mol. The largest absolute Gasteiger partial charge is 0.493 e. The van der Waals surface area contributed by atoms with Gasteiger partial charge in [0.25, 0.3) is 17.7 Å². The smallest absolute Gasteiger partial charge is 0.262 e. The molecule has 2 fully saturated rings. The van der Waals surface area contributed by atoms with Crippen LogP contribution in [0.1, 0.15) is 12.0 Å². The van der Waals surface area contributed by atoms with Gasteiger partial charge in [0.2, 0.25) is 0 Å². The Balaban J connectivity index is 1.26. The molecule has 0 aromatic heterocycles. The lowest BCUT2D eigenvalue weighted by Crippen LogP contribution is -2.28. The van der Waals surface area contributed by atoms with Gasteiger partial charge in [0, 0.05) is 5.69 Å². The fourth-order valence-corrected chi connectivity index (χ4v) is 5.22. The molecular weight excluding hydrogens is 477 g/mol. The van der Waals surface area contributed by atoms with E-state index < -0.39 is 11.7 Å². The second-order valence-corrected chi connectivity index (χ2v) is 9.02. The van der Waals surface area contributed by atoms with Crippen molar-refractivity contribution in [3.63, 3.8) is 0 Å². The Morgan fingerprint density at radius 2 is 1.83 bits per heavy atom. The molecule has 2 bridgehead atoms. The number of allylic oxidation sites excluding steroid dienone is 2. The minimum atomic E-state index is -0.472. The van der Waals surface area contributed by atoms with Gasteiger partial charge >= 0.3 is 0 Å². The minimum absolute atomic E-state index is 0.105.